The predicted octanol–water partition coefficient (Wildman–Crippen LogP) is 4.46. The number of pyridine rings is 2. The van der Waals surface area contributed by atoms with E-state index in [2.05, 4.69) is 36.2 Å². The molecule has 37 heavy (non-hydrogen) atoms. The summed E-state index contributed by atoms with van der Waals surface area (Å²) in [6.07, 6.45) is 5.28. The molecule has 1 saturated heterocycles. The third kappa shape index (κ3) is 5.56. The SMILES string of the molecule is COc1cnccc1-c1ccc2nc(Nc3cc(CN4CCN(C(=O)C(C)(C)C)CC4)ccn3)[nH]c2c1. The summed E-state index contributed by atoms with van der Waals surface area (Å²) in [5, 5.41) is 3.31. The third-order valence-electron chi connectivity index (χ3n) is 6.58. The maximum absolute atomic E-state index is 12.6. The maximum atomic E-state index is 12.6. The number of ether oxygens (including phenoxy) is 1. The first-order valence-electron chi connectivity index (χ1n) is 12.5. The summed E-state index contributed by atoms with van der Waals surface area (Å²) < 4.78 is 5.46. The van der Waals surface area contributed by atoms with E-state index in [1.807, 2.05) is 62.2 Å². The summed E-state index contributed by atoms with van der Waals surface area (Å²) in [6.45, 7) is 10.00. The molecular formula is C28H33N7O2. The molecule has 4 heterocycles. The van der Waals surface area contributed by atoms with Crippen LogP contribution in [0.2, 0.25) is 0 Å². The van der Waals surface area contributed by atoms with Gasteiger partial charge in [0, 0.05) is 56.1 Å². The number of carbonyl (C=O) groups excluding carboxylic acids is 1. The van der Waals surface area contributed by atoms with Gasteiger partial charge in [0.15, 0.2) is 0 Å². The smallest absolute Gasteiger partial charge is 0.228 e. The van der Waals surface area contributed by atoms with Gasteiger partial charge in [-0.25, -0.2) is 9.97 Å². The van der Waals surface area contributed by atoms with E-state index in [-0.39, 0.29) is 11.3 Å². The highest BCUT2D eigenvalue weighted by molar-refractivity contribution is 5.85. The summed E-state index contributed by atoms with van der Waals surface area (Å²) in [4.78, 5) is 33.6. The van der Waals surface area contributed by atoms with Gasteiger partial charge in [-0.2, -0.15) is 0 Å². The third-order valence-corrected chi connectivity index (χ3v) is 6.58. The van der Waals surface area contributed by atoms with Crippen LogP contribution in [0, 0.1) is 5.41 Å². The van der Waals surface area contributed by atoms with Crippen LogP contribution in [-0.2, 0) is 11.3 Å². The van der Waals surface area contributed by atoms with Gasteiger partial charge < -0.3 is 19.9 Å². The quantitative estimate of drug-likeness (QED) is 0.404. The van der Waals surface area contributed by atoms with Gasteiger partial charge >= 0.3 is 0 Å². The molecule has 4 aromatic rings. The summed E-state index contributed by atoms with van der Waals surface area (Å²) in [5.74, 6) is 2.31. The average Bonchev–Trinajstić information content (AvgIpc) is 3.30. The minimum absolute atomic E-state index is 0.223. The molecule has 9 heteroatoms. The molecule has 0 spiro atoms. The van der Waals surface area contributed by atoms with E-state index in [0.29, 0.717) is 5.95 Å². The number of anilines is 2. The molecule has 1 amide bonds. The highest BCUT2D eigenvalue weighted by Gasteiger charge is 2.29. The second-order valence-electron chi connectivity index (χ2n) is 10.4. The molecule has 1 aliphatic heterocycles. The highest BCUT2D eigenvalue weighted by Crippen LogP contribution is 2.31. The lowest BCUT2D eigenvalue weighted by molar-refractivity contribution is -0.141. The van der Waals surface area contributed by atoms with Crippen molar-refractivity contribution in [2.24, 2.45) is 5.41 Å². The summed E-state index contributed by atoms with van der Waals surface area (Å²) in [5.41, 5.74) is 4.60. The van der Waals surface area contributed by atoms with Gasteiger partial charge in [0.25, 0.3) is 0 Å². The lowest BCUT2D eigenvalue weighted by Gasteiger charge is -2.37. The van der Waals surface area contributed by atoms with Crippen LogP contribution in [0.25, 0.3) is 22.2 Å². The van der Waals surface area contributed by atoms with E-state index in [9.17, 15) is 4.79 Å². The molecule has 0 saturated carbocycles. The Balaban J connectivity index is 1.25. The van der Waals surface area contributed by atoms with Crippen LogP contribution in [-0.4, -0.2) is 68.9 Å². The monoisotopic (exact) mass is 499 g/mol. The average molecular weight is 500 g/mol. The lowest BCUT2D eigenvalue weighted by Crippen LogP contribution is -2.51. The van der Waals surface area contributed by atoms with Crippen molar-refractivity contribution >= 4 is 28.7 Å². The highest BCUT2D eigenvalue weighted by atomic mass is 16.5. The molecule has 3 aromatic heterocycles. The molecule has 192 valence electrons. The van der Waals surface area contributed by atoms with Gasteiger partial charge in [0.05, 0.1) is 24.3 Å². The number of aromatic amines is 1. The number of nitrogens with zero attached hydrogens (tertiary/aromatic N) is 5. The predicted molar refractivity (Wildman–Crippen MR) is 145 cm³/mol. The molecule has 1 aliphatic rings. The number of H-pyrrole nitrogens is 1. The van der Waals surface area contributed by atoms with Crippen molar-refractivity contribution in [1.82, 2.24) is 29.7 Å². The molecular weight excluding hydrogens is 466 g/mol. The first-order chi connectivity index (χ1) is 17.8. The molecule has 0 bridgehead atoms. The molecule has 0 radical (unpaired) electrons. The number of carbonyl (C=O) groups is 1. The van der Waals surface area contributed by atoms with E-state index < -0.39 is 0 Å². The zero-order valence-corrected chi connectivity index (χ0v) is 21.8. The molecule has 0 atom stereocenters. The fraction of sp³-hybridized carbons (Fsp3) is 0.357. The van der Waals surface area contributed by atoms with Crippen molar-refractivity contribution in [3.05, 3.63) is 60.6 Å². The van der Waals surface area contributed by atoms with Gasteiger partial charge in [0.2, 0.25) is 11.9 Å². The minimum Gasteiger partial charge on any atom is -0.494 e. The summed E-state index contributed by atoms with van der Waals surface area (Å²) >= 11 is 0. The van der Waals surface area contributed by atoms with Crippen molar-refractivity contribution in [2.75, 3.05) is 38.6 Å². The molecule has 1 fully saturated rings. The Kier molecular flexibility index (Phi) is 6.80. The lowest BCUT2D eigenvalue weighted by atomic mass is 9.94. The molecule has 5 rings (SSSR count). The van der Waals surface area contributed by atoms with Crippen LogP contribution >= 0.6 is 0 Å². The number of methoxy groups -OCH3 is 1. The number of imidazole rings is 1. The minimum atomic E-state index is -0.335. The first-order valence-corrected chi connectivity index (χ1v) is 12.5. The second kappa shape index (κ2) is 10.2. The van der Waals surface area contributed by atoms with Gasteiger partial charge in [0.1, 0.15) is 11.6 Å². The number of fused-ring (bicyclic) bond motifs is 1. The fourth-order valence-electron chi connectivity index (χ4n) is 4.62. The van der Waals surface area contributed by atoms with Gasteiger partial charge in [-0.05, 0) is 41.5 Å². The fourth-order valence-corrected chi connectivity index (χ4v) is 4.62. The Morgan fingerprint density at radius 1 is 1.08 bits per heavy atom. The van der Waals surface area contributed by atoms with Gasteiger partial charge in [-0.15, -0.1) is 0 Å². The first kappa shape index (κ1) is 24.7. The summed E-state index contributed by atoms with van der Waals surface area (Å²) in [6, 6.07) is 12.1. The van der Waals surface area contributed by atoms with Gasteiger partial charge in [-0.1, -0.05) is 26.8 Å². The molecule has 0 aliphatic carbocycles. The van der Waals surface area contributed by atoms with Gasteiger partial charge in [-0.3, -0.25) is 14.7 Å². The largest absolute Gasteiger partial charge is 0.494 e. The van der Waals surface area contributed by atoms with E-state index >= 15 is 0 Å². The Morgan fingerprint density at radius 3 is 2.65 bits per heavy atom. The number of hydrogen-bond acceptors (Lipinski definition) is 7. The number of piperazine rings is 1. The van der Waals surface area contributed by atoms with Crippen LogP contribution < -0.4 is 10.1 Å². The van der Waals surface area contributed by atoms with Crippen molar-refractivity contribution in [3.63, 3.8) is 0 Å². The Bertz CT molecular complexity index is 1400. The number of benzene rings is 1. The van der Waals surface area contributed by atoms with Crippen LogP contribution in [0.3, 0.4) is 0 Å². The van der Waals surface area contributed by atoms with E-state index in [1.165, 1.54) is 0 Å². The number of amides is 1. The molecule has 9 nitrogen and oxygen atoms in total. The molecule has 2 N–H and O–H groups in total. The second-order valence-corrected chi connectivity index (χ2v) is 10.4. The molecule has 0 unspecified atom stereocenters. The van der Waals surface area contributed by atoms with Crippen LogP contribution in [0.15, 0.2) is 55.0 Å². The standard InChI is InChI=1S/C28H33N7O2/c1-28(2,3)26(36)35-13-11-34(12-14-35)18-19-7-10-30-25(15-19)33-27-31-22-6-5-20(16-23(22)32-27)21-8-9-29-17-24(21)37-4/h5-10,15-17H,11-14,18H2,1-4H3,(H2,30,31,32,33). The van der Waals surface area contributed by atoms with Crippen LogP contribution in [0.1, 0.15) is 26.3 Å². The molecule has 1 aromatic carbocycles. The Labute approximate surface area is 216 Å². The van der Waals surface area contributed by atoms with E-state index in [4.69, 9.17) is 4.74 Å². The topological polar surface area (TPSA) is 99.3 Å². The zero-order chi connectivity index (χ0) is 26.0. The van der Waals surface area contributed by atoms with E-state index in [0.717, 1.165) is 72.0 Å². The number of nitrogens with one attached hydrogen (secondary N) is 2. The van der Waals surface area contributed by atoms with Crippen molar-refractivity contribution in [3.8, 4) is 16.9 Å². The number of aromatic nitrogens is 4. The Morgan fingerprint density at radius 2 is 1.89 bits per heavy atom. The van der Waals surface area contributed by atoms with Crippen LogP contribution in [0.4, 0.5) is 11.8 Å². The van der Waals surface area contributed by atoms with Crippen LogP contribution in [0.5, 0.6) is 5.75 Å². The zero-order valence-electron chi connectivity index (χ0n) is 21.8. The Hall–Kier alpha value is -3.98. The van der Waals surface area contributed by atoms with Crippen molar-refractivity contribution in [2.45, 2.75) is 27.3 Å². The normalized spacial score (nSPS) is 14.6. The maximum Gasteiger partial charge on any atom is 0.228 e. The summed E-state index contributed by atoms with van der Waals surface area (Å²) in [7, 11) is 1.65. The number of rotatable bonds is 6. The van der Waals surface area contributed by atoms with Crippen molar-refractivity contribution in [1.29, 1.82) is 0 Å². The van der Waals surface area contributed by atoms with E-state index in [1.54, 1.807) is 19.5 Å². The number of hydrogen-bond donors (Lipinski definition) is 2. The van der Waals surface area contributed by atoms with Crippen molar-refractivity contribution < 1.29 is 9.53 Å².